The van der Waals surface area contributed by atoms with Crippen LogP contribution in [0.1, 0.15) is 12.5 Å². The van der Waals surface area contributed by atoms with Crippen LogP contribution in [0.15, 0.2) is 42.5 Å². The van der Waals surface area contributed by atoms with Gasteiger partial charge in [0.25, 0.3) is 0 Å². The maximum atomic E-state index is 11.1. The van der Waals surface area contributed by atoms with Crippen molar-refractivity contribution in [1.29, 1.82) is 0 Å². The van der Waals surface area contributed by atoms with Crippen LogP contribution in [0, 0.1) is 0 Å². The number of hydrogen-bond acceptors (Lipinski definition) is 2. The van der Waals surface area contributed by atoms with Crippen molar-refractivity contribution in [2.24, 2.45) is 0 Å². The van der Waals surface area contributed by atoms with Gasteiger partial charge in [-0.3, -0.25) is 4.79 Å². The maximum absolute atomic E-state index is 11.1. The first-order valence-electron chi connectivity index (χ1n) is 6.13. The number of carbonyl (C=O) groups is 1. The van der Waals surface area contributed by atoms with Crippen molar-refractivity contribution in [3.8, 4) is 0 Å². The topological polar surface area (TPSA) is 49.3 Å². The molecule has 4 heteroatoms. The highest BCUT2D eigenvalue weighted by molar-refractivity contribution is 6.20. The zero-order valence-corrected chi connectivity index (χ0v) is 11.4. The van der Waals surface area contributed by atoms with Gasteiger partial charge in [-0.2, -0.15) is 0 Å². The van der Waals surface area contributed by atoms with Crippen molar-refractivity contribution < 1.29 is 9.90 Å². The molecule has 0 saturated carbocycles. The molecule has 0 bridgehead atoms. The molecule has 0 aliphatic heterocycles. The third-order valence-electron chi connectivity index (χ3n) is 2.99. The fourth-order valence-corrected chi connectivity index (χ4v) is 2.25. The third-order valence-corrected chi connectivity index (χ3v) is 3.29. The highest BCUT2D eigenvalue weighted by Gasteiger charge is 2.18. The molecule has 2 aromatic carbocycles. The Kier molecular flexibility index (Phi) is 4.40. The average molecular weight is 278 g/mol. The fourth-order valence-electron chi connectivity index (χ4n) is 2.10. The molecule has 2 atom stereocenters. The first-order chi connectivity index (χ1) is 9.06. The predicted molar refractivity (Wildman–Crippen MR) is 77.1 cm³/mol. The van der Waals surface area contributed by atoms with E-state index < -0.39 is 11.6 Å². The molecule has 19 heavy (non-hydrogen) atoms. The number of hydrogen-bond donors (Lipinski definition) is 2. The standard InChI is InChI=1S/C15H16ClNO2/c1-10(18)17-14(15(16)19)9-11-6-7-12-4-2-3-5-13(12)8-11/h2-8,14-15,19H,9H2,1H3,(H,17,18). The van der Waals surface area contributed by atoms with Crippen molar-refractivity contribution in [2.45, 2.75) is 24.9 Å². The molecule has 0 heterocycles. The van der Waals surface area contributed by atoms with Gasteiger partial charge in [-0.1, -0.05) is 54.1 Å². The summed E-state index contributed by atoms with van der Waals surface area (Å²) in [5.41, 5.74) is -0.0764. The minimum atomic E-state index is -1.10. The zero-order valence-electron chi connectivity index (χ0n) is 10.6. The molecule has 3 nitrogen and oxygen atoms in total. The SMILES string of the molecule is CC(=O)NC(Cc1ccc2ccccc2c1)C(O)Cl. The molecule has 100 valence electrons. The van der Waals surface area contributed by atoms with Crippen LogP contribution in [0.2, 0.25) is 0 Å². The van der Waals surface area contributed by atoms with Crippen molar-refractivity contribution in [3.63, 3.8) is 0 Å². The Hall–Kier alpha value is -1.58. The van der Waals surface area contributed by atoms with Gasteiger partial charge >= 0.3 is 0 Å². The van der Waals surface area contributed by atoms with Gasteiger partial charge in [0.2, 0.25) is 5.91 Å². The summed E-state index contributed by atoms with van der Waals surface area (Å²) in [6.07, 6.45) is 0.495. The summed E-state index contributed by atoms with van der Waals surface area (Å²) in [4.78, 5) is 11.1. The lowest BCUT2D eigenvalue weighted by Crippen LogP contribution is -2.41. The Labute approximate surface area is 117 Å². The Morgan fingerprint density at radius 3 is 2.58 bits per heavy atom. The van der Waals surface area contributed by atoms with Gasteiger partial charge in [-0.25, -0.2) is 0 Å². The second kappa shape index (κ2) is 6.04. The van der Waals surface area contributed by atoms with E-state index in [2.05, 4.69) is 5.32 Å². The third kappa shape index (κ3) is 3.69. The van der Waals surface area contributed by atoms with E-state index in [1.807, 2.05) is 42.5 Å². The summed E-state index contributed by atoms with van der Waals surface area (Å²) in [5, 5.41) is 14.4. The van der Waals surface area contributed by atoms with Gasteiger partial charge < -0.3 is 10.4 Å². The van der Waals surface area contributed by atoms with Gasteiger partial charge in [0.05, 0.1) is 6.04 Å². The van der Waals surface area contributed by atoms with E-state index in [4.69, 9.17) is 11.6 Å². The largest absolute Gasteiger partial charge is 0.376 e. The molecule has 2 N–H and O–H groups in total. The van der Waals surface area contributed by atoms with Gasteiger partial charge in [-0.15, -0.1) is 0 Å². The van der Waals surface area contributed by atoms with E-state index in [0.29, 0.717) is 6.42 Å². The first-order valence-corrected chi connectivity index (χ1v) is 6.57. The highest BCUT2D eigenvalue weighted by Crippen LogP contribution is 2.17. The highest BCUT2D eigenvalue weighted by atomic mass is 35.5. The second-order valence-corrected chi connectivity index (χ2v) is 5.01. The molecule has 1 amide bonds. The summed E-state index contributed by atoms with van der Waals surface area (Å²) >= 11 is 5.70. The Balaban J connectivity index is 2.21. The number of aliphatic hydroxyl groups is 1. The molecule has 0 aromatic heterocycles. The smallest absolute Gasteiger partial charge is 0.217 e. The molecule has 0 aliphatic rings. The summed E-state index contributed by atoms with van der Waals surface area (Å²) in [5.74, 6) is -0.203. The molecule has 0 saturated heterocycles. The lowest BCUT2D eigenvalue weighted by atomic mass is 10.0. The Morgan fingerprint density at radius 1 is 1.26 bits per heavy atom. The van der Waals surface area contributed by atoms with Crippen molar-refractivity contribution in [1.82, 2.24) is 5.32 Å². The molecule has 0 fully saturated rings. The fraction of sp³-hybridized carbons (Fsp3) is 0.267. The number of amides is 1. The monoisotopic (exact) mass is 277 g/mol. The molecule has 0 spiro atoms. The van der Waals surface area contributed by atoms with Gasteiger partial charge in [-0.05, 0) is 22.8 Å². The number of halogens is 1. The molecular formula is C15H16ClNO2. The number of aliphatic hydroxyl groups excluding tert-OH is 1. The van der Waals surface area contributed by atoms with Gasteiger partial charge in [0.15, 0.2) is 0 Å². The van der Waals surface area contributed by atoms with Crippen LogP contribution in [0.25, 0.3) is 10.8 Å². The van der Waals surface area contributed by atoms with E-state index in [-0.39, 0.29) is 5.91 Å². The zero-order chi connectivity index (χ0) is 13.8. The number of alkyl halides is 1. The van der Waals surface area contributed by atoms with Gasteiger partial charge in [0.1, 0.15) is 5.56 Å². The first kappa shape index (κ1) is 13.8. The van der Waals surface area contributed by atoms with Crippen LogP contribution >= 0.6 is 11.6 Å². The van der Waals surface area contributed by atoms with Crippen LogP contribution in [0.4, 0.5) is 0 Å². The van der Waals surface area contributed by atoms with E-state index in [1.54, 1.807) is 0 Å². The van der Waals surface area contributed by atoms with Crippen LogP contribution < -0.4 is 5.32 Å². The number of nitrogens with one attached hydrogen (secondary N) is 1. The quantitative estimate of drug-likeness (QED) is 0.844. The molecule has 2 rings (SSSR count). The van der Waals surface area contributed by atoms with Crippen LogP contribution in [0.3, 0.4) is 0 Å². The van der Waals surface area contributed by atoms with Crippen LogP contribution in [-0.2, 0) is 11.2 Å². The number of benzene rings is 2. The molecule has 0 radical (unpaired) electrons. The van der Waals surface area contributed by atoms with Gasteiger partial charge in [0, 0.05) is 6.92 Å². The maximum Gasteiger partial charge on any atom is 0.217 e. The van der Waals surface area contributed by atoms with Crippen molar-refractivity contribution >= 4 is 28.3 Å². The number of fused-ring (bicyclic) bond motifs is 1. The lowest BCUT2D eigenvalue weighted by Gasteiger charge is -2.19. The summed E-state index contributed by atoms with van der Waals surface area (Å²) in [6, 6.07) is 13.6. The lowest BCUT2D eigenvalue weighted by molar-refractivity contribution is -0.120. The minimum Gasteiger partial charge on any atom is -0.376 e. The molecule has 0 aliphatic carbocycles. The van der Waals surface area contributed by atoms with Crippen molar-refractivity contribution in [3.05, 3.63) is 48.0 Å². The minimum absolute atomic E-state index is 0.203. The Bertz CT molecular complexity index is 583. The number of carbonyl (C=O) groups excluding carboxylic acids is 1. The molecular weight excluding hydrogens is 262 g/mol. The van der Waals surface area contributed by atoms with E-state index in [1.165, 1.54) is 6.92 Å². The summed E-state index contributed by atoms with van der Waals surface area (Å²) in [7, 11) is 0. The van der Waals surface area contributed by atoms with Crippen molar-refractivity contribution in [2.75, 3.05) is 0 Å². The summed E-state index contributed by atoms with van der Waals surface area (Å²) in [6.45, 7) is 1.41. The Morgan fingerprint density at radius 2 is 1.95 bits per heavy atom. The van der Waals surface area contributed by atoms with E-state index in [0.717, 1.165) is 16.3 Å². The average Bonchev–Trinajstić information content (AvgIpc) is 2.37. The van der Waals surface area contributed by atoms with E-state index in [9.17, 15) is 9.90 Å². The summed E-state index contributed by atoms with van der Waals surface area (Å²) < 4.78 is 0. The van der Waals surface area contributed by atoms with E-state index >= 15 is 0 Å². The normalized spacial score (nSPS) is 14.1. The van der Waals surface area contributed by atoms with Crippen LogP contribution in [-0.4, -0.2) is 22.6 Å². The van der Waals surface area contributed by atoms with Crippen LogP contribution in [0.5, 0.6) is 0 Å². The molecule has 2 unspecified atom stereocenters. The predicted octanol–water partition coefficient (Wildman–Crippen LogP) is 2.44. The number of rotatable bonds is 4. The second-order valence-electron chi connectivity index (χ2n) is 4.57. The molecule has 2 aromatic rings.